The molecule has 0 fully saturated rings. The van der Waals surface area contributed by atoms with Crippen molar-refractivity contribution < 1.29 is 24.0 Å². The zero-order valence-corrected chi connectivity index (χ0v) is 13.6. The van der Waals surface area contributed by atoms with Crippen LogP contribution in [-0.4, -0.2) is 51.4 Å². The number of hydrogen-bond acceptors (Lipinski definition) is 2. The molecule has 1 radical (unpaired) electrons. The van der Waals surface area contributed by atoms with Crippen LogP contribution in [0, 0.1) is 5.39 Å². The van der Waals surface area contributed by atoms with Gasteiger partial charge < -0.3 is 24.0 Å². The summed E-state index contributed by atoms with van der Waals surface area (Å²) in [4.78, 5) is 0. The van der Waals surface area contributed by atoms with Crippen LogP contribution >= 0.6 is 23.2 Å². The van der Waals surface area contributed by atoms with E-state index in [-0.39, 0.29) is 75.4 Å². The third kappa shape index (κ3) is 5.74. The van der Waals surface area contributed by atoms with Crippen LogP contribution in [0.3, 0.4) is 0 Å². The molecule has 0 amide bonds. The monoisotopic (exact) mass is 354 g/mol. The summed E-state index contributed by atoms with van der Waals surface area (Å²) in [5.74, 6) is 0. The first-order valence-corrected chi connectivity index (χ1v) is 3.55. The van der Waals surface area contributed by atoms with Gasteiger partial charge in [-0.25, -0.2) is 0 Å². The summed E-state index contributed by atoms with van der Waals surface area (Å²) in [5.41, 5.74) is 2.81. The van der Waals surface area contributed by atoms with Gasteiger partial charge in [0.15, 0.2) is 0 Å². The molecule has 7 heteroatoms. The van der Waals surface area contributed by atoms with Crippen LogP contribution < -0.4 is 29.4 Å². The fourth-order valence-electron chi connectivity index (χ4n) is 0.634. The summed E-state index contributed by atoms with van der Waals surface area (Å²) >= 11 is 11.3. The van der Waals surface area contributed by atoms with Gasteiger partial charge >= 0.3 is 5.08 Å². The molecule has 0 bridgehead atoms. The average Bonchev–Trinajstić information content (AvgIpc) is 1.95. The molecule has 0 saturated carbocycles. The molecule has 1 aromatic carbocycles. The van der Waals surface area contributed by atoms with E-state index in [2.05, 4.69) is 10.5 Å². The van der Waals surface area contributed by atoms with E-state index in [9.17, 15) is 0 Å². The maximum Gasteiger partial charge on any atom is 0.308 e. The van der Waals surface area contributed by atoms with Gasteiger partial charge in [0.2, 0.25) is 0 Å². The van der Waals surface area contributed by atoms with Crippen molar-refractivity contribution in [2.45, 2.75) is 0 Å². The van der Waals surface area contributed by atoms with Crippen LogP contribution in [0.5, 0.6) is 0 Å². The van der Waals surface area contributed by atoms with Gasteiger partial charge in [0, 0.05) is 56.4 Å². The molecule has 1 N–H and O–H groups in total. The van der Waals surface area contributed by atoms with E-state index < -0.39 is 0 Å². The Balaban J connectivity index is 0. The van der Waals surface area contributed by atoms with Gasteiger partial charge in [-0.3, -0.25) is 0 Å². The van der Waals surface area contributed by atoms with Gasteiger partial charge in [0.1, 0.15) is 5.69 Å². The number of nitrogens with zero attached hydrogens (tertiary/aromatic N) is 2. The molecule has 0 saturated heterocycles. The molecule has 0 spiro atoms. The predicted octanol–water partition coefficient (Wildman–Crippen LogP) is -0.203. The van der Waals surface area contributed by atoms with Crippen LogP contribution in [0.2, 0.25) is 10.0 Å². The molecule has 13 heavy (non-hydrogen) atoms. The van der Waals surface area contributed by atoms with Gasteiger partial charge in [0.25, 0.3) is 5.39 Å². The Morgan fingerprint density at radius 1 is 1.31 bits per heavy atom. The van der Waals surface area contributed by atoms with E-state index in [1.807, 2.05) is 0 Å². The Kier molecular flexibility index (Phi) is 11.2. The smallest absolute Gasteiger partial charge is 0.308 e. The SMILES string of the molecule is N#[N+]Nc1ccc(Cl)cc1Cl.[I-].[K]. The van der Waals surface area contributed by atoms with Crippen LogP contribution in [0.25, 0.3) is 5.08 Å². The molecular formula is C6H4Cl2IKN3. The second kappa shape index (κ2) is 8.68. The molecule has 1 aromatic rings. The van der Waals surface area contributed by atoms with Gasteiger partial charge in [-0.15, -0.1) is 0 Å². The van der Waals surface area contributed by atoms with Crippen molar-refractivity contribution in [2.24, 2.45) is 0 Å². The zero-order chi connectivity index (χ0) is 8.27. The molecule has 0 aromatic heterocycles. The number of anilines is 1. The summed E-state index contributed by atoms with van der Waals surface area (Å²) in [7, 11) is 0. The Morgan fingerprint density at radius 2 is 1.92 bits per heavy atom. The van der Waals surface area contributed by atoms with Crippen molar-refractivity contribution >= 4 is 80.3 Å². The molecule has 3 nitrogen and oxygen atoms in total. The van der Waals surface area contributed by atoms with Crippen molar-refractivity contribution in [1.29, 1.82) is 5.39 Å². The van der Waals surface area contributed by atoms with E-state index in [0.717, 1.165) is 0 Å². The first kappa shape index (κ1) is 16.8. The molecule has 0 aliphatic carbocycles. The minimum absolute atomic E-state index is 0. The topological polar surface area (TPSA) is 40.2 Å². The van der Waals surface area contributed by atoms with E-state index in [4.69, 9.17) is 28.6 Å². The summed E-state index contributed by atoms with van der Waals surface area (Å²) in [5, 5.41) is 11.8. The van der Waals surface area contributed by atoms with Crippen LogP contribution in [0.15, 0.2) is 18.2 Å². The number of nitrogens with one attached hydrogen (secondary N) is 1. The third-order valence-electron chi connectivity index (χ3n) is 1.10. The molecule has 0 heterocycles. The van der Waals surface area contributed by atoms with Crippen LogP contribution in [0.1, 0.15) is 0 Å². The number of halogens is 3. The van der Waals surface area contributed by atoms with Gasteiger partial charge in [-0.2, -0.15) is 0 Å². The molecule has 0 unspecified atom stereocenters. The van der Waals surface area contributed by atoms with E-state index in [1.54, 1.807) is 18.2 Å². The molecular weight excluding hydrogens is 351 g/mol. The molecule has 0 aliphatic heterocycles. The second-order valence-corrected chi connectivity index (χ2v) is 2.68. The van der Waals surface area contributed by atoms with E-state index >= 15 is 0 Å². The van der Waals surface area contributed by atoms with Gasteiger partial charge in [-0.1, -0.05) is 23.2 Å². The fraction of sp³-hybridized carbons (Fsp3) is 0. The normalized spacial score (nSPS) is 7.46. The Hall–Kier alpha value is 1.39. The predicted molar refractivity (Wildman–Crippen MR) is 50.9 cm³/mol. The molecule has 0 atom stereocenters. The first-order valence-electron chi connectivity index (χ1n) is 2.79. The Labute approximate surface area is 146 Å². The van der Waals surface area contributed by atoms with Crippen molar-refractivity contribution in [1.82, 2.24) is 0 Å². The van der Waals surface area contributed by atoms with Crippen LogP contribution in [0.4, 0.5) is 5.69 Å². The fourth-order valence-corrected chi connectivity index (χ4v) is 1.08. The number of benzene rings is 1. The summed E-state index contributed by atoms with van der Waals surface area (Å²) in [6, 6.07) is 4.81. The summed E-state index contributed by atoms with van der Waals surface area (Å²) < 4.78 is 0. The Morgan fingerprint density at radius 3 is 2.38 bits per heavy atom. The summed E-state index contributed by atoms with van der Waals surface area (Å²) in [6.07, 6.45) is 0. The van der Waals surface area contributed by atoms with Crippen LogP contribution in [-0.2, 0) is 0 Å². The molecule has 0 aliphatic rings. The first-order chi connectivity index (χ1) is 5.24. The summed E-state index contributed by atoms with van der Waals surface area (Å²) in [6.45, 7) is 0. The maximum atomic E-state index is 8.14. The largest absolute Gasteiger partial charge is 1.00 e. The Bertz CT molecular complexity index is 315. The van der Waals surface area contributed by atoms with Crippen molar-refractivity contribution in [3.63, 3.8) is 0 Å². The standard InChI is InChI=1S/C6H4Cl2N3.HI.K/c7-4-1-2-6(10-11-9)5(8)3-4;;/h1-3,10H;1H;/q+1;;/p-1. The minimum Gasteiger partial charge on any atom is -1.00 e. The second-order valence-electron chi connectivity index (χ2n) is 1.84. The van der Waals surface area contributed by atoms with Gasteiger partial charge in [0.05, 0.1) is 5.02 Å². The van der Waals surface area contributed by atoms with Crippen molar-refractivity contribution in [3.8, 4) is 0 Å². The third-order valence-corrected chi connectivity index (χ3v) is 1.65. The molecule has 1 rings (SSSR count). The zero-order valence-electron chi connectivity index (χ0n) is 6.76. The maximum absolute atomic E-state index is 8.14. The van der Waals surface area contributed by atoms with Gasteiger partial charge in [-0.05, 0) is 23.6 Å². The van der Waals surface area contributed by atoms with E-state index in [0.29, 0.717) is 15.7 Å². The number of diazo groups is 1. The van der Waals surface area contributed by atoms with Crippen molar-refractivity contribution in [3.05, 3.63) is 33.3 Å². The van der Waals surface area contributed by atoms with Crippen molar-refractivity contribution in [2.75, 3.05) is 5.43 Å². The quantitative estimate of drug-likeness (QED) is 0.328. The minimum atomic E-state index is 0. The average molecular weight is 355 g/mol. The van der Waals surface area contributed by atoms with E-state index in [1.165, 1.54) is 0 Å². The number of rotatable bonds is 1. The number of hydrogen-bond donors (Lipinski definition) is 1. The molecule has 65 valence electrons.